The smallest absolute Gasteiger partial charge is 0.236 e. The fourth-order valence-corrected chi connectivity index (χ4v) is 2.99. The summed E-state index contributed by atoms with van der Waals surface area (Å²) in [4.78, 5) is 12.1. The third kappa shape index (κ3) is 4.72. The Hall–Kier alpha value is -0.650. The average molecular weight is 284 g/mol. The Kier molecular flexibility index (Phi) is 6.26. The molecule has 2 N–H and O–H groups in total. The van der Waals surface area contributed by atoms with Crippen LogP contribution in [0.25, 0.3) is 0 Å². The molecular formula is C15H28N2O3. The van der Waals surface area contributed by atoms with Crippen LogP contribution in [0.5, 0.6) is 0 Å². The van der Waals surface area contributed by atoms with Crippen LogP contribution in [0.15, 0.2) is 0 Å². The maximum atomic E-state index is 12.1. The van der Waals surface area contributed by atoms with Crippen molar-refractivity contribution in [2.75, 3.05) is 26.4 Å². The summed E-state index contributed by atoms with van der Waals surface area (Å²) in [6.07, 6.45) is 4.53. The Morgan fingerprint density at radius 3 is 2.60 bits per heavy atom. The van der Waals surface area contributed by atoms with Crippen LogP contribution in [-0.2, 0) is 14.3 Å². The topological polar surface area (TPSA) is 59.6 Å². The van der Waals surface area contributed by atoms with Gasteiger partial charge in [0.25, 0.3) is 0 Å². The van der Waals surface area contributed by atoms with E-state index in [1.165, 1.54) is 0 Å². The van der Waals surface area contributed by atoms with Crippen molar-refractivity contribution in [3.63, 3.8) is 0 Å². The van der Waals surface area contributed by atoms with E-state index in [2.05, 4.69) is 17.6 Å². The molecule has 0 aromatic rings. The largest absolute Gasteiger partial charge is 0.381 e. The third-order valence-corrected chi connectivity index (χ3v) is 4.41. The van der Waals surface area contributed by atoms with Crippen LogP contribution < -0.4 is 10.6 Å². The number of carbonyl (C=O) groups excluding carboxylic acids is 1. The van der Waals surface area contributed by atoms with Crippen LogP contribution in [0, 0.1) is 5.92 Å². The van der Waals surface area contributed by atoms with Gasteiger partial charge in [0.2, 0.25) is 5.91 Å². The van der Waals surface area contributed by atoms with E-state index >= 15 is 0 Å². The van der Waals surface area contributed by atoms with Crippen molar-refractivity contribution < 1.29 is 14.3 Å². The third-order valence-electron chi connectivity index (χ3n) is 4.41. The first kappa shape index (κ1) is 15.7. The maximum absolute atomic E-state index is 12.1. The standard InChI is InChI=1S/C15H28N2O3/c1-11(13-5-8-19-9-6-13)17-12(2)15(18)16-10-14-4-3-7-20-14/h11-14,17H,3-10H2,1-2H3,(H,16,18)/t11-,12-,14+/m0/s1. The van der Waals surface area contributed by atoms with Gasteiger partial charge in [-0.25, -0.2) is 0 Å². The van der Waals surface area contributed by atoms with Crippen molar-refractivity contribution >= 4 is 5.91 Å². The van der Waals surface area contributed by atoms with E-state index in [1.54, 1.807) is 0 Å². The number of hydrogen-bond donors (Lipinski definition) is 2. The second-order valence-electron chi connectivity index (χ2n) is 6.01. The normalized spacial score (nSPS) is 27.2. The zero-order valence-electron chi connectivity index (χ0n) is 12.7. The molecule has 2 fully saturated rings. The van der Waals surface area contributed by atoms with E-state index < -0.39 is 0 Å². The molecule has 20 heavy (non-hydrogen) atoms. The minimum atomic E-state index is -0.158. The van der Waals surface area contributed by atoms with Crippen molar-refractivity contribution in [2.24, 2.45) is 5.92 Å². The van der Waals surface area contributed by atoms with Gasteiger partial charge >= 0.3 is 0 Å². The molecule has 5 nitrogen and oxygen atoms in total. The monoisotopic (exact) mass is 284 g/mol. The highest BCUT2D eigenvalue weighted by Crippen LogP contribution is 2.18. The summed E-state index contributed by atoms with van der Waals surface area (Å²) in [6.45, 7) is 7.25. The molecule has 0 aliphatic carbocycles. The highest BCUT2D eigenvalue weighted by molar-refractivity contribution is 5.81. The van der Waals surface area contributed by atoms with Crippen molar-refractivity contribution in [1.82, 2.24) is 10.6 Å². The lowest BCUT2D eigenvalue weighted by atomic mass is 9.92. The summed E-state index contributed by atoms with van der Waals surface area (Å²) >= 11 is 0. The highest BCUT2D eigenvalue weighted by atomic mass is 16.5. The van der Waals surface area contributed by atoms with E-state index in [0.717, 1.165) is 45.5 Å². The maximum Gasteiger partial charge on any atom is 0.236 e. The fraction of sp³-hybridized carbons (Fsp3) is 0.933. The SMILES string of the molecule is C[C@H](N[C@@H](C)C1CCOCC1)C(=O)NC[C@H]1CCCO1. The molecular weight excluding hydrogens is 256 g/mol. The molecule has 0 radical (unpaired) electrons. The number of rotatable bonds is 6. The molecule has 3 atom stereocenters. The Labute approximate surface area is 121 Å². The van der Waals surface area contributed by atoms with E-state index in [1.807, 2.05) is 6.92 Å². The molecule has 0 bridgehead atoms. The average Bonchev–Trinajstić information content (AvgIpc) is 2.98. The zero-order valence-corrected chi connectivity index (χ0v) is 12.7. The van der Waals surface area contributed by atoms with E-state index in [9.17, 15) is 4.79 Å². The summed E-state index contributed by atoms with van der Waals surface area (Å²) in [5, 5.41) is 6.40. The predicted octanol–water partition coefficient (Wildman–Crippen LogP) is 1.07. The summed E-state index contributed by atoms with van der Waals surface area (Å²) < 4.78 is 10.9. The molecule has 0 saturated carbocycles. The minimum Gasteiger partial charge on any atom is -0.381 e. The Morgan fingerprint density at radius 1 is 1.20 bits per heavy atom. The predicted molar refractivity (Wildman–Crippen MR) is 77.6 cm³/mol. The molecule has 0 aromatic heterocycles. The summed E-state index contributed by atoms with van der Waals surface area (Å²) in [6, 6.07) is 0.191. The number of hydrogen-bond acceptors (Lipinski definition) is 4. The van der Waals surface area contributed by atoms with E-state index in [-0.39, 0.29) is 18.1 Å². The molecule has 2 saturated heterocycles. The lowest BCUT2D eigenvalue weighted by Gasteiger charge is -2.30. The van der Waals surface area contributed by atoms with Crippen LogP contribution in [0.3, 0.4) is 0 Å². The van der Waals surface area contributed by atoms with Crippen molar-refractivity contribution in [3.05, 3.63) is 0 Å². The molecule has 2 aliphatic heterocycles. The molecule has 0 aromatic carbocycles. The van der Waals surface area contributed by atoms with Gasteiger partial charge in [0.1, 0.15) is 0 Å². The molecule has 2 aliphatic rings. The van der Waals surface area contributed by atoms with Gasteiger partial charge < -0.3 is 20.1 Å². The number of amides is 1. The summed E-state index contributed by atoms with van der Waals surface area (Å²) in [5.41, 5.74) is 0. The van der Waals surface area contributed by atoms with Gasteiger partial charge in [0.15, 0.2) is 0 Å². The molecule has 116 valence electrons. The summed E-state index contributed by atoms with van der Waals surface area (Å²) in [5.74, 6) is 0.677. The molecule has 0 spiro atoms. The van der Waals surface area contributed by atoms with E-state index in [0.29, 0.717) is 18.5 Å². The van der Waals surface area contributed by atoms with Crippen LogP contribution in [-0.4, -0.2) is 50.5 Å². The summed E-state index contributed by atoms with van der Waals surface area (Å²) in [7, 11) is 0. The molecule has 5 heteroatoms. The second-order valence-corrected chi connectivity index (χ2v) is 6.01. The first-order valence-electron chi connectivity index (χ1n) is 7.90. The van der Waals surface area contributed by atoms with Crippen molar-refractivity contribution in [1.29, 1.82) is 0 Å². The van der Waals surface area contributed by atoms with Crippen LogP contribution >= 0.6 is 0 Å². The first-order chi connectivity index (χ1) is 9.66. The molecule has 1 amide bonds. The van der Waals surface area contributed by atoms with Gasteiger partial charge in [-0.1, -0.05) is 0 Å². The zero-order chi connectivity index (χ0) is 14.4. The second kappa shape index (κ2) is 7.96. The molecule has 2 rings (SSSR count). The van der Waals surface area contributed by atoms with Crippen molar-refractivity contribution in [3.8, 4) is 0 Å². The van der Waals surface area contributed by atoms with Gasteiger partial charge in [-0.3, -0.25) is 4.79 Å². The highest BCUT2D eigenvalue weighted by Gasteiger charge is 2.24. The Balaban J connectivity index is 1.66. The van der Waals surface area contributed by atoms with Crippen LogP contribution in [0.1, 0.15) is 39.5 Å². The number of ether oxygens (including phenoxy) is 2. The fourth-order valence-electron chi connectivity index (χ4n) is 2.99. The molecule has 0 unspecified atom stereocenters. The number of nitrogens with one attached hydrogen (secondary N) is 2. The van der Waals surface area contributed by atoms with Gasteiger partial charge in [-0.15, -0.1) is 0 Å². The van der Waals surface area contributed by atoms with Gasteiger partial charge in [0.05, 0.1) is 12.1 Å². The van der Waals surface area contributed by atoms with Crippen molar-refractivity contribution in [2.45, 2.75) is 57.7 Å². The Morgan fingerprint density at radius 2 is 1.95 bits per heavy atom. The van der Waals surface area contributed by atoms with Gasteiger partial charge in [-0.05, 0) is 45.4 Å². The lowest BCUT2D eigenvalue weighted by molar-refractivity contribution is -0.123. The van der Waals surface area contributed by atoms with Gasteiger partial charge in [-0.2, -0.15) is 0 Å². The molecule has 2 heterocycles. The minimum absolute atomic E-state index is 0.0689. The number of carbonyl (C=O) groups is 1. The van der Waals surface area contributed by atoms with E-state index in [4.69, 9.17) is 9.47 Å². The van der Waals surface area contributed by atoms with Gasteiger partial charge in [0, 0.05) is 32.4 Å². The van der Waals surface area contributed by atoms with Crippen LogP contribution in [0.2, 0.25) is 0 Å². The van der Waals surface area contributed by atoms with Crippen LogP contribution in [0.4, 0.5) is 0 Å². The Bertz CT molecular complexity index is 299. The first-order valence-corrected chi connectivity index (χ1v) is 7.90. The quantitative estimate of drug-likeness (QED) is 0.766. The lowest BCUT2D eigenvalue weighted by Crippen LogP contribution is -2.49.